The van der Waals surface area contributed by atoms with Crippen LogP contribution in [0.25, 0.3) is 0 Å². The van der Waals surface area contributed by atoms with Crippen molar-refractivity contribution in [2.45, 2.75) is 37.5 Å². The molecule has 1 aliphatic carbocycles. The molecule has 15 heavy (non-hydrogen) atoms. The average molecular weight is 253 g/mol. The molecule has 0 saturated heterocycles. The molecule has 0 heterocycles. The van der Waals surface area contributed by atoms with Crippen LogP contribution in [0.1, 0.15) is 26.2 Å². The van der Waals surface area contributed by atoms with E-state index in [0.717, 1.165) is 25.8 Å². The van der Waals surface area contributed by atoms with E-state index in [9.17, 15) is 4.79 Å². The molecule has 90 valence electrons. The fourth-order valence-corrected chi connectivity index (χ4v) is 1.98. The molecule has 0 spiro atoms. The minimum atomic E-state index is 0. The lowest BCUT2D eigenvalue weighted by Crippen LogP contribution is -2.34. The lowest BCUT2D eigenvalue weighted by atomic mass is 10.1. The minimum Gasteiger partial charge on any atom is -0.355 e. The number of hydrogen-bond donors (Lipinski definition) is 2. The van der Waals surface area contributed by atoms with E-state index in [4.69, 9.17) is 5.73 Å². The number of carbonyl (C=O) groups is 1. The molecule has 0 aliphatic heterocycles. The SMILES string of the molecule is CSC(C)CNC(=O)C1CCC(N)C1.Cl. The first-order chi connectivity index (χ1) is 6.63. The predicted molar refractivity (Wildman–Crippen MR) is 68.6 cm³/mol. The summed E-state index contributed by atoms with van der Waals surface area (Å²) in [6.45, 7) is 2.89. The molecule has 3 nitrogen and oxygen atoms in total. The third-order valence-electron chi connectivity index (χ3n) is 2.81. The van der Waals surface area contributed by atoms with Crippen LogP contribution in [0.15, 0.2) is 0 Å². The van der Waals surface area contributed by atoms with Crippen LogP contribution in [0, 0.1) is 5.92 Å². The zero-order valence-electron chi connectivity index (χ0n) is 9.36. The molecule has 0 aromatic carbocycles. The van der Waals surface area contributed by atoms with Crippen LogP contribution in [-0.2, 0) is 4.79 Å². The van der Waals surface area contributed by atoms with Crippen molar-refractivity contribution in [2.24, 2.45) is 11.7 Å². The second-order valence-corrected chi connectivity index (χ2v) is 5.34. The maximum absolute atomic E-state index is 11.6. The third kappa shape index (κ3) is 5.09. The topological polar surface area (TPSA) is 55.1 Å². The monoisotopic (exact) mass is 252 g/mol. The molecule has 5 heteroatoms. The number of nitrogens with two attached hydrogens (primary N) is 1. The Balaban J connectivity index is 0.00000196. The van der Waals surface area contributed by atoms with Crippen molar-refractivity contribution < 1.29 is 4.79 Å². The van der Waals surface area contributed by atoms with Gasteiger partial charge in [0.05, 0.1) is 0 Å². The molecular formula is C10H21ClN2OS. The molecule has 0 aromatic rings. The number of hydrogen-bond acceptors (Lipinski definition) is 3. The molecule has 1 aliphatic rings. The smallest absolute Gasteiger partial charge is 0.223 e. The van der Waals surface area contributed by atoms with Gasteiger partial charge in [0.15, 0.2) is 0 Å². The maximum atomic E-state index is 11.6. The predicted octanol–water partition coefficient (Wildman–Crippen LogP) is 1.40. The van der Waals surface area contributed by atoms with Gasteiger partial charge in [-0.3, -0.25) is 4.79 Å². The first-order valence-corrected chi connectivity index (χ1v) is 6.48. The number of halogens is 1. The van der Waals surface area contributed by atoms with Crippen molar-refractivity contribution in [1.82, 2.24) is 5.32 Å². The maximum Gasteiger partial charge on any atom is 0.223 e. The lowest BCUT2D eigenvalue weighted by molar-refractivity contribution is -0.124. The summed E-state index contributed by atoms with van der Waals surface area (Å²) in [5.74, 6) is 0.359. The Bertz CT molecular complexity index is 204. The van der Waals surface area contributed by atoms with Crippen molar-refractivity contribution in [3.63, 3.8) is 0 Å². The summed E-state index contributed by atoms with van der Waals surface area (Å²) in [5, 5.41) is 3.47. The van der Waals surface area contributed by atoms with Crippen molar-refractivity contribution in [3.8, 4) is 0 Å². The van der Waals surface area contributed by atoms with Gasteiger partial charge in [0, 0.05) is 23.8 Å². The van der Waals surface area contributed by atoms with Gasteiger partial charge in [0.25, 0.3) is 0 Å². The number of amides is 1. The molecule has 0 aromatic heterocycles. The van der Waals surface area contributed by atoms with Gasteiger partial charge in [-0.05, 0) is 25.5 Å². The Kier molecular flexibility index (Phi) is 7.40. The van der Waals surface area contributed by atoms with Gasteiger partial charge in [0.2, 0.25) is 5.91 Å². The molecule has 1 fully saturated rings. The summed E-state index contributed by atoms with van der Waals surface area (Å²) < 4.78 is 0. The molecule has 3 atom stereocenters. The van der Waals surface area contributed by atoms with Crippen LogP contribution >= 0.6 is 24.2 Å². The van der Waals surface area contributed by atoms with E-state index >= 15 is 0 Å². The summed E-state index contributed by atoms with van der Waals surface area (Å²) in [6.07, 6.45) is 4.87. The number of carbonyl (C=O) groups excluding carboxylic acids is 1. The summed E-state index contributed by atoms with van der Waals surface area (Å²) in [6, 6.07) is 0.240. The van der Waals surface area contributed by atoms with Gasteiger partial charge in [-0.15, -0.1) is 12.4 Å². The standard InChI is InChI=1S/C10H20N2OS.ClH/c1-7(14-2)6-12-10(13)8-3-4-9(11)5-8;/h7-9H,3-6,11H2,1-2H3,(H,12,13);1H. The van der Waals surface area contributed by atoms with E-state index in [-0.39, 0.29) is 30.3 Å². The largest absolute Gasteiger partial charge is 0.355 e. The number of nitrogens with one attached hydrogen (secondary N) is 1. The molecule has 1 amide bonds. The van der Waals surface area contributed by atoms with Gasteiger partial charge >= 0.3 is 0 Å². The third-order valence-corrected chi connectivity index (χ3v) is 3.78. The summed E-state index contributed by atoms with van der Waals surface area (Å²) in [5.41, 5.74) is 5.76. The second-order valence-electron chi connectivity index (χ2n) is 4.06. The van der Waals surface area contributed by atoms with Gasteiger partial charge in [0.1, 0.15) is 0 Å². The molecule has 0 radical (unpaired) electrons. The highest BCUT2D eigenvalue weighted by molar-refractivity contribution is 7.99. The minimum absolute atomic E-state index is 0. The average Bonchev–Trinajstić information content (AvgIpc) is 2.60. The Morgan fingerprint density at radius 2 is 2.27 bits per heavy atom. The Hall–Kier alpha value is 0.0700. The van der Waals surface area contributed by atoms with Crippen LogP contribution < -0.4 is 11.1 Å². The highest BCUT2D eigenvalue weighted by atomic mass is 35.5. The van der Waals surface area contributed by atoms with E-state index in [1.54, 1.807) is 11.8 Å². The molecular weight excluding hydrogens is 232 g/mol. The van der Waals surface area contributed by atoms with Gasteiger partial charge in [-0.25, -0.2) is 0 Å². The van der Waals surface area contributed by atoms with Gasteiger partial charge < -0.3 is 11.1 Å². The summed E-state index contributed by atoms with van der Waals surface area (Å²) in [7, 11) is 0. The highest BCUT2D eigenvalue weighted by Crippen LogP contribution is 2.24. The quantitative estimate of drug-likeness (QED) is 0.796. The first-order valence-electron chi connectivity index (χ1n) is 5.19. The van der Waals surface area contributed by atoms with Crippen molar-refractivity contribution in [1.29, 1.82) is 0 Å². The van der Waals surface area contributed by atoms with Crippen molar-refractivity contribution >= 4 is 30.1 Å². The summed E-state index contributed by atoms with van der Waals surface area (Å²) >= 11 is 1.77. The van der Waals surface area contributed by atoms with E-state index in [2.05, 4.69) is 18.5 Å². The van der Waals surface area contributed by atoms with Crippen LogP contribution in [0.2, 0.25) is 0 Å². The van der Waals surface area contributed by atoms with E-state index in [1.807, 2.05) is 0 Å². The van der Waals surface area contributed by atoms with Crippen LogP contribution in [0.4, 0.5) is 0 Å². The van der Waals surface area contributed by atoms with Gasteiger partial charge in [-0.2, -0.15) is 11.8 Å². The molecule has 1 rings (SSSR count). The Labute approximate surface area is 102 Å². The van der Waals surface area contributed by atoms with Gasteiger partial charge in [-0.1, -0.05) is 6.92 Å². The lowest BCUT2D eigenvalue weighted by Gasteiger charge is -2.13. The molecule has 3 N–H and O–H groups in total. The fourth-order valence-electron chi connectivity index (χ4n) is 1.73. The van der Waals surface area contributed by atoms with Crippen LogP contribution in [-0.4, -0.2) is 30.0 Å². The Morgan fingerprint density at radius 1 is 1.60 bits per heavy atom. The van der Waals surface area contributed by atoms with Crippen molar-refractivity contribution in [2.75, 3.05) is 12.8 Å². The number of rotatable bonds is 4. The van der Waals surface area contributed by atoms with Crippen LogP contribution in [0.5, 0.6) is 0 Å². The zero-order valence-corrected chi connectivity index (χ0v) is 11.0. The van der Waals surface area contributed by atoms with E-state index < -0.39 is 0 Å². The Morgan fingerprint density at radius 3 is 2.73 bits per heavy atom. The zero-order chi connectivity index (χ0) is 10.6. The van der Waals surface area contributed by atoms with Crippen LogP contribution in [0.3, 0.4) is 0 Å². The van der Waals surface area contributed by atoms with Crippen molar-refractivity contribution in [3.05, 3.63) is 0 Å². The molecule has 0 bridgehead atoms. The normalized spacial score (nSPS) is 26.9. The highest BCUT2D eigenvalue weighted by Gasteiger charge is 2.27. The van der Waals surface area contributed by atoms with E-state index in [0.29, 0.717) is 5.25 Å². The summed E-state index contributed by atoms with van der Waals surface area (Å²) in [4.78, 5) is 11.6. The number of thioether (sulfide) groups is 1. The van der Waals surface area contributed by atoms with E-state index in [1.165, 1.54) is 0 Å². The molecule has 3 unspecified atom stereocenters. The first kappa shape index (κ1) is 15.1. The fraction of sp³-hybridized carbons (Fsp3) is 0.900. The second kappa shape index (κ2) is 7.36. The molecule has 1 saturated carbocycles.